The molecule has 7 nitrogen and oxygen atoms in total. The van der Waals surface area contributed by atoms with E-state index in [0.717, 1.165) is 44.1 Å². The van der Waals surface area contributed by atoms with Gasteiger partial charge >= 0.3 is 6.18 Å². The van der Waals surface area contributed by atoms with Crippen molar-refractivity contribution in [2.24, 2.45) is 0 Å². The summed E-state index contributed by atoms with van der Waals surface area (Å²) in [6.07, 6.45) is -3.02. The predicted octanol–water partition coefficient (Wildman–Crippen LogP) is 2.41. The monoisotopic (exact) mass is 410 g/mol. The number of piperidine rings is 1. The summed E-state index contributed by atoms with van der Waals surface area (Å²) in [6.45, 7) is 3.21. The second-order valence-corrected chi connectivity index (χ2v) is 6.82. The van der Waals surface area contributed by atoms with E-state index >= 15 is 0 Å². The van der Waals surface area contributed by atoms with Crippen LogP contribution in [0.4, 0.5) is 13.2 Å². The van der Waals surface area contributed by atoms with Crippen LogP contribution in [0, 0.1) is 0 Å². The molecule has 0 aliphatic carbocycles. The van der Waals surface area contributed by atoms with Crippen LogP contribution in [-0.2, 0) is 6.18 Å². The molecule has 0 spiro atoms. The van der Waals surface area contributed by atoms with Crippen LogP contribution in [0.2, 0.25) is 0 Å². The molecule has 2 heterocycles. The molecule has 1 amide bonds. The van der Waals surface area contributed by atoms with Crippen LogP contribution < -0.4 is 20.9 Å². The third kappa shape index (κ3) is 5.57. The molecule has 1 unspecified atom stereocenters. The van der Waals surface area contributed by atoms with Crippen LogP contribution >= 0.6 is 0 Å². The topological polar surface area (TPSA) is 96.1 Å². The van der Waals surface area contributed by atoms with Crippen LogP contribution in [0.3, 0.4) is 0 Å². The molecule has 1 saturated heterocycles. The van der Waals surface area contributed by atoms with E-state index in [-0.39, 0.29) is 17.8 Å². The van der Waals surface area contributed by atoms with E-state index < -0.39 is 29.2 Å². The zero-order valence-electron chi connectivity index (χ0n) is 15.7. The molecule has 29 heavy (non-hydrogen) atoms. The number of halogens is 3. The average molecular weight is 410 g/mol. The van der Waals surface area contributed by atoms with E-state index in [2.05, 4.69) is 20.6 Å². The zero-order valence-corrected chi connectivity index (χ0v) is 15.7. The van der Waals surface area contributed by atoms with Crippen LogP contribution in [0.5, 0.6) is 6.01 Å². The summed E-state index contributed by atoms with van der Waals surface area (Å²) in [5.74, 6) is -0.626. The maximum absolute atomic E-state index is 12.7. The van der Waals surface area contributed by atoms with E-state index in [1.807, 2.05) is 0 Å². The molecular formula is C19H21F3N4O3. The maximum atomic E-state index is 12.7. The van der Waals surface area contributed by atoms with Gasteiger partial charge in [-0.05, 0) is 50.6 Å². The van der Waals surface area contributed by atoms with Crippen molar-refractivity contribution < 1.29 is 22.7 Å². The Morgan fingerprint density at radius 3 is 2.52 bits per heavy atom. The molecule has 0 saturated carbocycles. The quantitative estimate of drug-likeness (QED) is 0.704. The third-order valence-electron chi connectivity index (χ3n) is 4.60. The Kier molecular flexibility index (Phi) is 6.21. The van der Waals surface area contributed by atoms with E-state index in [1.54, 1.807) is 6.92 Å². The third-order valence-corrected chi connectivity index (χ3v) is 4.60. The van der Waals surface area contributed by atoms with Crippen molar-refractivity contribution in [1.29, 1.82) is 0 Å². The number of hydrogen-bond acceptors (Lipinski definition) is 5. The van der Waals surface area contributed by atoms with Crippen molar-refractivity contribution in [2.75, 3.05) is 13.1 Å². The number of aromatic nitrogens is 2. The first-order valence-electron chi connectivity index (χ1n) is 9.19. The number of aromatic amines is 1. The Labute approximate surface area is 164 Å². The van der Waals surface area contributed by atoms with Crippen molar-refractivity contribution in [1.82, 2.24) is 20.6 Å². The van der Waals surface area contributed by atoms with Crippen molar-refractivity contribution in [3.05, 3.63) is 57.5 Å². The number of nitrogens with one attached hydrogen (secondary N) is 3. The average Bonchev–Trinajstić information content (AvgIpc) is 2.67. The normalized spacial score (nSPS) is 16.3. The summed E-state index contributed by atoms with van der Waals surface area (Å²) in [5.41, 5.74) is -0.939. The van der Waals surface area contributed by atoms with Gasteiger partial charge in [-0.2, -0.15) is 18.2 Å². The smallest absolute Gasteiger partial charge is 0.416 e. The van der Waals surface area contributed by atoms with E-state index in [4.69, 9.17) is 4.74 Å². The molecule has 1 fully saturated rings. The van der Waals surface area contributed by atoms with E-state index in [0.29, 0.717) is 5.56 Å². The first kappa shape index (κ1) is 20.8. The van der Waals surface area contributed by atoms with Gasteiger partial charge in [0.25, 0.3) is 17.5 Å². The highest BCUT2D eigenvalue weighted by atomic mass is 19.4. The Bertz CT molecular complexity index is 906. The maximum Gasteiger partial charge on any atom is 0.416 e. The summed E-state index contributed by atoms with van der Waals surface area (Å²) >= 11 is 0. The molecular weight excluding hydrogens is 389 g/mol. The first-order chi connectivity index (χ1) is 13.7. The fraction of sp³-hybridized carbons (Fsp3) is 0.421. The number of carbonyl (C=O) groups excluding carboxylic acids is 1. The molecule has 3 N–H and O–H groups in total. The molecule has 10 heteroatoms. The lowest BCUT2D eigenvalue weighted by atomic mass is 10.1. The van der Waals surface area contributed by atoms with Crippen LogP contribution in [0.1, 0.15) is 47.4 Å². The molecule has 1 aromatic heterocycles. The van der Waals surface area contributed by atoms with E-state index in [9.17, 15) is 22.8 Å². The van der Waals surface area contributed by atoms with Crippen molar-refractivity contribution in [3.8, 4) is 6.01 Å². The van der Waals surface area contributed by atoms with Gasteiger partial charge in [0, 0.05) is 6.07 Å². The van der Waals surface area contributed by atoms with Crippen molar-refractivity contribution >= 4 is 5.91 Å². The highest BCUT2D eigenvalue weighted by Crippen LogP contribution is 2.29. The highest BCUT2D eigenvalue weighted by Gasteiger charge is 2.30. The van der Waals surface area contributed by atoms with Gasteiger partial charge in [0.05, 0.1) is 11.6 Å². The molecule has 3 rings (SSSR count). The molecule has 1 atom stereocenters. The van der Waals surface area contributed by atoms with Crippen LogP contribution in [-0.4, -0.2) is 35.1 Å². The summed E-state index contributed by atoms with van der Waals surface area (Å²) in [7, 11) is 0. The summed E-state index contributed by atoms with van der Waals surface area (Å²) in [6, 6.07) is 4.93. The Morgan fingerprint density at radius 2 is 1.90 bits per heavy atom. The minimum atomic E-state index is -4.43. The molecule has 0 bridgehead atoms. The summed E-state index contributed by atoms with van der Waals surface area (Å²) < 4.78 is 43.7. The fourth-order valence-corrected chi connectivity index (χ4v) is 2.99. The number of hydrogen-bond donors (Lipinski definition) is 3. The second-order valence-electron chi connectivity index (χ2n) is 6.82. The Hall–Kier alpha value is -2.88. The zero-order chi connectivity index (χ0) is 21.0. The molecule has 156 valence electrons. The van der Waals surface area contributed by atoms with E-state index in [1.165, 1.54) is 12.1 Å². The number of H-pyrrole nitrogens is 1. The SMILES string of the molecule is CC(NC(=O)c1cc(=O)[nH]c(OC2CCNCC2)n1)c1ccc(C(F)(F)F)cc1. The van der Waals surface area contributed by atoms with Gasteiger partial charge in [-0.3, -0.25) is 14.6 Å². The number of rotatable bonds is 5. The molecule has 0 radical (unpaired) electrons. The Balaban J connectivity index is 1.68. The van der Waals surface area contributed by atoms with Crippen molar-refractivity contribution in [3.63, 3.8) is 0 Å². The number of benzene rings is 1. The lowest BCUT2D eigenvalue weighted by Gasteiger charge is -2.23. The molecule has 1 aliphatic heterocycles. The van der Waals surface area contributed by atoms with Gasteiger partial charge in [0.1, 0.15) is 11.8 Å². The lowest BCUT2D eigenvalue weighted by Crippen LogP contribution is -2.35. The lowest BCUT2D eigenvalue weighted by molar-refractivity contribution is -0.137. The fourth-order valence-electron chi connectivity index (χ4n) is 2.99. The largest absolute Gasteiger partial charge is 0.461 e. The molecule has 1 aromatic carbocycles. The van der Waals surface area contributed by atoms with Crippen LogP contribution in [0.25, 0.3) is 0 Å². The van der Waals surface area contributed by atoms with Gasteiger partial charge in [-0.25, -0.2) is 0 Å². The number of nitrogens with zero attached hydrogens (tertiary/aromatic N) is 1. The predicted molar refractivity (Wildman–Crippen MR) is 98.7 cm³/mol. The highest BCUT2D eigenvalue weighted by molar-refractivity contribution is 5.92. The molecule has 2 aromatic rings. The number of carbonyl (C=O) groups is 1. The van der Waals surface area contributed by atoms with Gasteiger partial charge in [0.15, 0.2) is 0 Å². The van der Waals surface area contributed by atoms with Crippen LogP contribution in [0.15, 0.2) is 35.1 Å². The minimum absolute atomic E-state index is 0.0308. The second kappa shape index (κ2) is 8.64. The van der Waals surface area contributed by atoms with Crippen molar-refractivity contribution in [2.45, 2.75) is 38.1 Å². The van der Waals surface area contributed by atoms with Gasteiger partial charge in [0.2, 0.25) is 0 Å². The number of ether oxygens (including phenoxy) is 1. The minimum Gasteiger partial charge on any atom is -0.461 e. The number of alkyl halides is 3. The molecule has 1 aliphatic rings. The summed E-state index contributed by atoms with van der Waals surface area (Å²) in [5, 5.41) is 5.82. The van der Waals surface area contributed by atoms with Gasteiger partial charge in [-0.1, -0.05) is 12.1 Å². The van der Waals surface area contributed by atoms with Gasteiger partial charge < -0.3 is 15.4 Å². The number of amides is 1. The first-order valence-corrected chi connectivity index (χ1v) is 9.19. The standard InChI is InChI=1S/C19H21F3N4O3/c1-11(12-2-4-13(5-3-12)19(20,21)22)24-17(28)15-10-16(27)26-18(25-15)29-14-6-8-23-9-7-14/h2-5,10-11,14,23H,6-9H2,1H3,(H,24,28)(H,25,26,27). The van der Waals surface area contributed by atoms with Gasteiger partial charge in [-0.15, -0.1) is 0 Å². The summed E-state index contributed by atoms with van der Waals surface area (Å²) in [4.78, 5) is 30.9. The Morgan fingerprint density at radius 1 is 1.24 bits per heavy atom.